The van der Waals surface area contributed by atoms with Crippen LogP contribution in [-0.2, 0) is 20.9 Å². The van der Waals surface area contributed by atoms with Crippen LogP contribution in [0.1, 0.15) is 19.5 Å². The van der Waals surface area contributed by atoms with Crippen LogP contribution in [0, 0.1) is 19.5 Å². The molecule has 110 valence electrons. The number of nitrogens with zero attached hydrogens (tertiary/aromatic N) is 3. The topological polar surface area (TPSA) is 56.7 Å². The van der Waals surface area contributed by atoms with Gasteiger partial charge in [0.25, 0.3) is 0 Å². The highest BCUT2D eigenvalue weighted by Gasteiger charge is 2.23. The van der Waals surface area contributed by atoms with Gasteiger partial charge in [-0.15, -0.1) is 0 Å². The molecule has 0 saturated carbocycles. The maximum absolute atomic E-state index is 5.51. The van der Waals surface area contributed by atoms with Gasteiger partial charge in [-0.1, -0.05) is 6.42 Å². The van der Waals surface area contributed by atoms with Gasteiger partial charge in [-0.25, -0.2) is 4.98 Å². The zero-order chi connectivity index (χ0) is 15.2. The second kappa shape index (κ2) is 7.44. The first-order valence-corrected chi connectivity index (χ1v) is 8.63. The highest BCUT2D eigenvalue weighted by molar-refractivity contribution is 8.07. The molecule has 0 saturated heterocycles. The fourth-order valence-electron chi connectivity index (χ4n) is 1.49. The minimum atomic E-state index is -3.02. The molecule has 20 heavy (non-hydrogen) atoms. The largest absolute Gasteiger partial charge is 0.444 e. The average molecular weight is 315 g/mol. The molecule has 1 unspecified atom stereocenters. The van der Waals surface area contributed by atoms with E-state index >= 15 is 0 Å². The maximum Gasteiger partial charge on any atom is 0.444 e. The van der Waals surface area contributed by atoms with Crippen molar-refractivity contribution in [2.45, 2.75) is 20.8 Å². The van der Waals surface area contributed by atoms with E-state index in [0.29, 0.717) is 11.8 Å². The third-order valence-corrected chi connectivity index (χ3v) is 4.54. The monoisotopic (exact) mass is 315 g/mol. The van der Waals surface area contributed by atoms with E-state index < -0.39 is 6.72 Å². The molecule has 0 amide bonds. The summed E-state index contributed by atoms with van der Waals surface area (Å²) in [6, 6.07) is 1.66. The molecule has 0 aliphatic heterocycles. The first-order chi connectivity index (χ1) is 9.47. The molecule has 0 aliphatic rings. The van der Waals surface area contributed by atoms with Gasteiger partial charge < -0.3 is 13.9 Å². The summed E-state index contributed by atoms with van der Waals surface area (Å²) < 4.78 is 15.5. The normalized spacial score (nSPS) is 13.2. The molecule has 1 atom stereocenters. The van der Waals surface area contributed by atoms with Gasteiger partial charge in [-0.3, -0.25) is 4.52 Å². The van der Waals surface area contributed by atoms with Crippen LogP contribution in [0.15, 0.2) is 6.07 Å². The Kier molecular flexibility index (Phi) is 6.21. The Hall–Kier alpha value is -1.35. The summed E-state index contributed by atoms with van der Waals surface area (Å²) in [6.45, 7) is 4.46. The summed E-state index contributed by atoms with van der Waals surface area (Å²) in [5.41, 5.74) is 0.760. The van der Waals surface area contributed by atoms with Gasteiger partial charge in [0.15, 0.2) is 0 Å². The van der Waals surface area contributed by atoms with Crippen molar-refractivity contribution in [3.8, 4) is 18.4 Å². The Bertz CT molecular complexity index is 543. The first kappa shape index (κ1) is 16.7. The Labute approximate surface area is 124 Å². The third kappa shape index (κ3) is 4.34. The lowest BCUT2D eigenvalue weighted by molar-refractivity contribution is 0.303. The van der Waals surface area contributed by atoms with E-state index in [1.165, 1.54) is 7.11 Å². The van der Waals surface area contributed by atoms with Gasteiger partial charge in [0.2, 0.25) is 11.8 Å². The van der Waals surface area contributed by atoms with Crippen LogP contribution in [0.25, 0.3) is 0 Å². The van der Waals surface area contributed by atoms with E-state index in [1.807, 2.05) is 31.8 Å². The number of rotatable bonds is 7. The maximum atomic E-state index is 5.51. The number of terminal acetylenes is 1. The summed E-state index contributed by atoms with van der Waals surface area (Å²) in [5, 5.41) is 0. The smallest absolute Gasteiger partial charge is 0.397 e. The van der Waals surface area contributed by atoms with Crippen molar-refractivity contribution in [2.75, 3.05) is 25.1 Å². The van der Waals surface area contributed by atoms with Crippen LogP contribution < -0.4 is 9.42 Å². The fourth-order valence-corrected chi connectivity index (χ4v) is 2.49. The Balaban J connectivity index is 3.08. The lowest BCUT2D eigenvalue weighted by Gasteiger charge is -2.21. The van der Waals surface area contributed by atoms with Crippen molar-refractivity contribution >= 4 is 24.5 Å². The number of aromatic nitrogens is 2. The van der Waals surface area contributed by atoms with Crippen molar-refractivity contribution in [2.24, 2.45) is 0 Å². The second-order valence-electron chi connectivity index (χ2n) is 3.75. The molecule has 1 aromatic rings. The molecule has 0 radical (unpaired) electrons. The molecule has 1 aromatic heterocycles. The predicted molar refractivity (Wildman–Crippen MR) is 82.2 cm³/mol. The Morgan fingerprint density at radius 2 is 2.05 bits per heavy atom. The molecule has 1 rings (SSSR count). The van der Waals surface area contributed by atoms with Crippen molar-refractivity contribution in [3.05, 3.63) is 11.8 Å². The van der Waals surface area contributed by atoms with Crippen molar-refractivity contribution in [3.63, 3.8) is 0 Å². The van der Waals surface area contributed by atoms with E-state index in [2.05, 4.69) is 9.97 Å². The van der Waals surface area contributed by atoms with Crippen LogP contribution in [0.5, 0.6) is 5.88 Å². The van der Waals surface area contributed by atoms with Crippen LogP contribution in [-0.4, -0.2) is 30.2 Å². The van der Waals surface area contributed by atoms with E-state index in [0.717, 1.165) is 18.8 Å². The molecule has 0 fully saturated rings. The first-order valence-electron chi connectivity index (χ1n) is 6.08. The number of aryl methyl sites for hydroxylation is 1. The fraction of sp³-hybridized carbons (Fsp3) is 0.500. The molecular formula is C12H18N3O3PS. The van der Waals surface area contributed by atoms with Crippen molar-refractivity contribution in [1.82, 2.24) is 9.97 Å². The zero-order valence-corrected chi connectivity index (χ0v) is 13.7. The van der Waals surface area contributed by atoms with E-state index in [4.69, 9.17) is 31.8 Å². The lowest BCUT2D eigenvalue weighted by Crippen LogP contribution is -2.24. The summed E-state index contributed by atoms with van der Waals surface area (Å²) in [7, 11) is 1.39. The molecular weight excluding hydrogens is 297 g/mol. The molecule has 0 N–H and O–H groups in total. The highest BCUT2D eigenvalue weighted by atomic mass is 32.5. The standard InChI is InChI=1S/C12H18N3O3PS/c1-6-15(7-2)12-13-10(4)9-11(14-12)18-19(20,16-5)17-8-3/h3,9H,6-7H2,1-2,4-5H3. The van der Waals surface area contributed by atoms with Gasteiger partial charge in [0.05, 0.1) is 0 Å². The Morgan fingerprint density at radius 3 is 2.55 bits per heavy atom. The highest BCUT2D eigenvalue weighted by Crippen LogP contribution is 2.48. The van der Waals surface area contributed by atoms with Gasteiger partial charge in [0, 0.05) is 43.8 Å². The predicted octanol–water partition coefficient (Wildman–Crippen LogP) is 2.49. The third-order valence-electron chi connectivity index (χ3n) is 2.46. The van der Waals surface area contributed by atoms with Crippen LogP contribution in [0.3, 0.4) is 0 Å². The van der Waals surface area contributed by atoms with Crippen LogP contribution in [0.2, 0.25) is 0 Å². The Morgan fingerprint density at radius 1 is 1.40 bits per heavy atom. The molecule has 1 heterocycles. The molecule has 6 nitrogen and oxygen atoms in total. The number of hydrogen-bond donors (Lipinski definition) is 0. The van der Waals surface area contributed by atoms with Gasteiger partial charge in [-0.2, -0.15) is 4.98 Å². The van der Waals surface area contributed by atoms with E-state index in [-0.39, 0.29) is 0 Å². The SMILES string of the molecule is C#COP(=S)(OC)Oc1cc(C)nc(N(CC)CC)n1. The van der Waals surface area contributed by atoms with Gasteiger partial charge in [0.1, 0.15) is 6.11 Å². The van der Waals surface area contributed by atoms with Gasteiger partial charge in [-0.05, 0) is 20.8 Å². The van der Waals surface area contributed by atoms with E-state index in [1.54, 1.807) is 6.07 Å². The van der Waals surface area contributed by atoms with Crippen molar-refractivity contribution < 1.29 is 13.6 Å². The number of anilines is 1. The molecule has 0 aliphatic carbocycles. The van der Waals surface area contributed by atoms with Gasteiger partial charge >= 0.3 is 6.72 Å². The average Bonchev–Trinajstić information content (AvgIpc) is 2.39. The summed E-state index contributed by atoms with van der Waals surface area (Å²) >= 11 is 5.12. The second-order valence-corrected chi connectivity index (χ2v) is 6.72. The minimum Gasteiger partial charge on any atom is -0.397 e. The van der Waals surface area contributed by atoms with Crippen molar-refractivity contribution in [1.29, 1.82) is 0 Å². The zero-order valence-electron chi connectivity index (χ0n) is 12.0. The molecule has 8 heteroatoms. The summed E-state index contributed by atoms with van der Waals surface area (Å²) in [6.07, 6.45) is 7.08. The van der Waals surface area contributed by atoms with Crippen LogP contribution in [0.4, 0.5) is 5.95 Å². The molecule has 0 bridgehead atoms. The minimum absolute atomic E-state index is 0.292. The summed E-state index contributed by atoms with van der Waals surface area (Å²) in [5.74, 6) is 0.864. The summed E-state index contributed by atoms with van der Waals surface area (Å²) in [4.78, 5) is 10.7. The quantitative estimate of drug-likeness (QED) is 0.566. The lowest BCUT2D eigenvalue weighted by atomic mass is 10.4. The van der Waals surface area contributed by atoms with Crippen LogP contribution >= 0.6 is 6.72 Å². The van der Waals surface area contributed by atoms with E-state index in [9.17, 15) is 0 Å². The molecule has 0 aromatic carbocycles. The number of hydrogen-bond acceptors (Lipinski definition) is 7. The molecule has 0 spiro atoms.